The molecule has 0 spiro atoms. The minimum atomic E-state index is -3.72. The average molecular weight is 302 g/mol. The van der Waals surface area contributed by atoms with E-state index in [0.717, 1.165) is 24.2 Å². The summed E-state index contributed by atoms with van der Waals surface area (Å²) in [7, 11) is -3.72. The maximum atomic E-state index is 12.0. The number of sulfonamides is 1. The summed E-state index contributed by atoms with van der Waals surface area (Å²) in [4.78, 5) is 12.0. The lowest BCUT2D eigenvalue weighted by atomic mass is 9.99. The van der Waals surface area contributed by atoms with Crippen LogP contribution in [0.1, 0.15) is 43.0 Å². The molecule has 0 aliphatic heterocycles. The van der Waals surface area contributed by atoms with Crippen LogP contribution in [0.2, 0.25) is 0 Å². The molecular weight excluding hydrogens is 284 g/mol. The zero-order valence-corrected chi connectivity index (χ0v) is 12.4. The number of thiophene rings is 1. The highest BCUT2D eigenvalue weighted by molar-refractivity contribution is 7.91. The summed E-state index contributed by atoms with van der Waals surface area (Å²) < 4.78 is 22.3. The Balaban J connectivity index is 2.01. The predicted molar refractivity (Wildman–Crippen MR) is 74.6 cm³/mol. The first-order chi connectivity index (χ1) is 8.88. The van der Waals surface area contributed by atoms with Crippen molar-refractivity contribution < 1.29 is 13.2 Å². The second-order valence-corrected chi connectivity index (χ2v) is 7.71. The van der Waals surface area contributed by atoms with Gasteiger partial charge in [-0.1, -0.05) is 12.8 Å². The predicted octanol–water partition coefficient (Wildman–Crippen LogP) is 1.70. The molecule has 0 saturated heterocycles. The summed E-state index contributed by atoms with van der Waals surface area (Å²) in [6.07, 6.45) is 4.73. The van der Waals surface area contributed by atoms with Gasteiger partial charge in [0.1, 0.15) is 4.21 Å². The quantitative estimate of drug-likeness (QED) is 0.887. The van der Waals surface area contributed by atoms with Gasteiger partial charge in [-0.25, -0.2) is 13.6 Å². The number of carbonyl (C=O) groups excluding carboxylic acids is 1. The average Bonchev–Trinajstić information content (AvgIpc) is 3.00. The van der Waals surface area contributed by atoms with Crippen molar-refractivity contribution in [2.24, 2.45) is 11.1 Å². The molecule has 1 aromatic rings. The summed E-state index contributed by atoms with van der Waals surface area (Å²) in [6, 6.07) is 1.45. The Labute approximate surface area is 117 Å². The Morgan fingerprint density at radius 3 is 2.63 bits per heavy atom. The maximum absolute atomic E-state index is 12.0. The summed E-state index contributed by atoms with van der Waals surface area (Å²) in [5.74, 6) is 0.297. The molecule has 106 valence electrons. The monoisotopic (exact) mass is 302 g/mol. The molecule has 7 heteroatoms. The van der Waals surface area contributed by atoms with Gasteiger partial charge in [-0.15, -0.1) is 11.3 Å². The summed E-state index contributed by atoms with van der Waals surface area (Å²) in [5.41, 5.74) is 0.360. The first-order valence-electron chi connectivity index (χ1n) is 6.30. The van der Waals surface area contributed by atoms with Crippen molar-refractivity contribution in [1.82, 2.24) is 5.32 Å². The number of nitrogens with two attached hydrogens (primary N) is 1. The molecule has 5 nitrogen and oxygen atoms in total. The van der Waals surface area contributed by atoms with Crippen molar-refractivity contribution in [2.45, 2.75) is 42.9 Å². The number of rotatable bonds is 4. The van der Waals surface area contributed by atoms with Crippen molar-refractivity contribution in [3.8, 4) is 0 Å². The first-order valence-corrected chi connectivity index (χ1v) is 8.72. The van der Waals surface area contributed by atoms with Crippen molar-refractivity contribution >= 4 is 27.3 Å². The molecule has 0 radical (unpaired) electrons. The van der Waals surface area contributed by atoms with Gasteiger partial charge < -0.3 is 5.32 Å². The Morgan fingerprint density at radius 1 is 1.47 bits per heavy atom. The molecule has 1 unspecified atom stereocenters. The third kappa shape index (κ3) is 3.55. The van der Waals surface area contributed by atoms with Crippen LogP contribution < -0.4 is 10.5 Å². The highest BCUT2D eigenvalue weighted by Crippen LogP contribution is 2.28. The highest BCUT2D eigenvalue weighted by atomic mass is 32.2. The van der Waals surface area contributed by atoms with Gasteiger partial charge in [-0.05, 0) is 31.7 Å². The van der Waals surface area contributed by atoms with Crippen LogP contribution in [0.15, 0.2) is 15.7 Å². The van der Waals surface area contributed by atoms with Gasteiger partial charge in [0.05, 0.1) is 5.56 Å². The van der Waals surface area contributed by atoms with Gasteiger partial charge in [0.15, 0.2) is 0 Å². The minimum absolute atomic E-state index is 0.0196. The molecule has 2 rings (SSSR count). The smallest absolute Gasteiger partial charge is 0.252 e. The molecule has 1 fully saturated rings. The Morgan fingerprint density at radius 2 is 2.11 bits per heavy atom. The fourth-order valence-corrected chi connectivity index (χ4v) is 4.04. The zero-order chi connectivity index (χ0) is 14.0. The van der Waals surface area contributed by atoms with E-state index >= 15 is 0 Å². The number of amides is 1. The highest BCUT2D eigenvalue weighted by Gasteiger charge is 2.24. The lowest BCUT2D eigenvalue weighted by Crippen LogP contribution is -2.37. The third-order valence-electron chi connectivity index (χ3n) is 3.58. The lowest BCUT2D eigenvalue weighted by Gasteiger charge is -2.19. The SMILES string of the molecule is CC(NC(=O)c1csc(S(N)(=O)=O)c1)C1CCCC1. The summed E-state index contributed by atoms with van der Waals surface area (Å²) in [6.45, 7) is 2.00. The van der Waals surface area contributed by atoms with Crippen LogP contribution in [-0.4, -0.2) is 20.4 Å². The molecule has 1 aromatic heterocycles. The Bertz CT molecular complexity index is 559. The molecule has 0 aromatic carbocycles. The molecule has 1 aliphatic carbocycles. The van der Waals surface area contributed by atoms with E-state index in [1.54, 1.807) is 0 Å². The van der Waals surface area contributed by atoms with Crippen LogP contribution in [0, 0.1) is 5.92 Å². The van der Waals surface area contributed by atoms with Crippen LogP contribution in [-0.2, 0) is 10.0 Å². The van der Waals surface area contributed by atoms with Gasteiger partial charge in [0.25, 0.3) is 5.91 Å². The van der Waals surface area contributed by atoms with Crippen LogP contribution in [0.25, 0.3) is 0 Å². The number of primary sulfonamides is 1. The summed E-state index contributed by atoms with van der Waals surface area (Å²) in [5, 5.41) is 9.48. The van der Waals surface area contributed by atoms with E-state index < -0.39 is 10.0 Å². The zero-order valence-electron chi connectivity index (χ0n) is 10.8. The van der Waals surface area contributed by atoms with E-state index in [1.807, 2.05) is 6.92 Å². The van der Waals surface area contributed by atoms with Crippen LogP contribution >= 0.6 is 11.3 Å². The second kappa shape index (κ2) is 5.60. The van der Waals surface area contributed by atoms with Gasteiger partial charge in [-0.2, -0.15) is 0 Å². The van der Waals surface area contributed by atoms with E-state index in [4.69, 9.17) is 5.14 Å². The van der Waals surface area contributed by atoms with Crippen LogP contribution in [0.5, 0.6) is 0 Å². The van der Waals surface area contributed by atoms with Gasteiger partial charge in [-0.3, -0.25) is 4.79 Å². The normalized spacial score (nSPS) is 18.4. The fourth-order valence-electron chi connectivity index (χ4n) is 2.45. The summed E-state index contributed by atoms with van der Waals surface area (Å²) >= 11 is 0.970. The van der Waals surface area contributed by atoms with Gasteiger partial charge in [0, 0.05) is 11.4 Å². The van der Waals surface area contributed by atoms with Crippen molar-refractivity contribution in [3.05, 3.63) is 17.0 Å². The molecular formula is C12H18N2O3S2. The van der Waals surface area contributed by atoms with E-state index in [0.29, 0.717) is 11.5 Å². The van der Waals surface area contributed by atoms with E-state index in [-0.39, 0.29) is 16.2 Å². The lowest BCUT2D eigenvalue weighted by molar-refractivity contribution is 0.0927. The molecule has 3 N–H and O–H groups in total. The van der Waals surface area contributed by atoms with Gasteiger partial charge >= 0.3 is 0 Å². The third-order valence-corrected chi connectivity index (χ3v) is 5.97. The topological polar surface area (TPSA) is 89.3 Å². The second-order valence-electron chi connectivity index (χ2n) is 5.01. The minimum Gasteiger partial charge on any atom is -0.349 e. The van der Waals surface area contributed by atoms with Crippen molar-refractivity contribution in [2.75, 3.05) is 0 Å². The van der Waals surface area contributed by atoms with Crippen LogP contribution in [0.3, 0.4) is 0 Å². The maximum Gasteiger partial charge on any atom is 0.252 e. The first kappa shape index (κ1) is 14.5. The number of nitrogens with one attached hydrogen (secondary N) is 1. The molecule has 1 heterocycles. The van der Waals surface area contributed by atoms with E-state index in [1.165, 1.54) is 24.3 Å². The molecule has 1 atom stereocenters. The molecule has 1 aliphatic rings. The standard InChI is InChI=1S/C12H18N2O3S2/c1-8(9-4-2-3-5-9)14-12(15)10-6-11(18-7-10)19(13,16)17/h6-9H,2-5H2,1H3,(H,14,15)(H2,13,16,17). The van der Waals surface area contributed by atoms with Crippen LogP contribution in [0.4, 0.5) is 0 Å². The van der Waals surface area contributed by atoms with Gasteiger partial charge in [0.2, 0.25) is 10.0 Å². The molecule has 0 bridgehead atoms. The van der Waals surface area contributed by atoms with Crippen molar-refractivity contribution in [1.29, 1.82) is 0 Å². The number of hydrogen-bond donors (Lipinski definition) is 2. The fraction of sp³-hybridized carbons (Fsp3) is 0.583. The molecule has 1 amide bonds. The molecule has 19 heavy (non-hydrogen) atoms. The Hall–Kier alpha value is -0.920. The number of hydrogen-bond acceptors (Lipinski definition) is 4. The van der Waals surface area contributed by atoms with E-state index in [2.05, 4.69) is 5.32 Å². The Kier molecular flexibility index (Phi) is 4.27. The van der Waals surface area contributed by atoms with Crippen molar-refractivity contribution in [3.63, 3.8) is 0 Å². The largest absolute Gasteiger partial charge is 0.349 e. The van der Waals surface area contributed by atoms with E-state index in [9.17, 15) is 13.2 Å². The number of carbonyl (C=O) groups is 1. The molecule has 1 saturated carbocycles.